The number of nitrogens with one attached hydrogen (secondary N) is 1. The van der Waals surface area contributed by atoms with Crippen LogP contribution in [0.25, 0.3) is 0 Å². The van der Waals surface area contributed by atoms with Gasteiger partial charge in [-0.2, -0.15) is 0 Å². The van der Waals surface area contributed by atoms with Gasteiger partial charge in [-0.25, -0.2) is 0 Å². The third-order valence-corrected chi connectivity index (χ3v) is 3.58. The fraction of sp³-hybridized carbons (Fsp3) is 0.273. The number of hydrogen-bond acceptors (Lipinski definition) is 2. The molecule has 1 aliphatic rings. The molecule has 0 aromatic heterocycles. The van der Waals surface area contributed by atoms with E-state index in [2.05, 4.69) is 21.2 Å². The van der Waals surface area contributed by atoms with Crippen molar-refractivity contribution in [2.45, 2.75) is 18.2 Å². The largest absolute Gasteiger partial charge is 0.295 e. The first-order valence-electron chi connectivity index (χ1n) is 4.75. The Labute approximate surface area is 106 Å². The lowest BCUT2D eigenvalue weighted by molar-refractivity contribution is -0.125. The minimum atomic E-state index is -0.813. The first-order valence-corrected chi connectivity index (χ1v) is 5.98. The van der Waals surface area contributed by atoms with Crippen molar-refractivity contribution >= 4 is 39.3 Å². The highest BCUT2D eigenvalue weighted by Crippen LogP contribution is 2.31. The number of halogens is 2. The number of carbonyl (C=O) groups excluding carboxylic acids is 2. The number of aryl methyl sites for hydroxylation is 1. The highest BCUT2D eigenvalue weighted by Gasteiger charge is 2.41. The normalized spacial score (nSPS) is 24.7. The van der Waals surface area contributed by atoms with E-state index in [0.29, 0.717) is 0 Å². The molecule has 1 aromatic rings. The van der Waals surface area contributed by atoms with Crippen LogP contribution in [0.1, 0.15) is 17.0 Å². The molecule has 1 N–H and O–H groups in total. The van der Waals surface area contributed by atoms with Gasteiger partial charge in [0.2, 0.25) is 11.8 Å². The van der Waals surface area contributed by atoms with E-state index < -0.39 is 17.2 Å². The maximum absolute atomic E-state index is 11.6. The third kappa shape index (κ3) is 1.87. The molecule has 0 bridgehead atoms. The smallest absolute Gasteiger partial charge is 0.245 e. The molecule has 0 saturated carbocycles. The van der Waals surface area contributed by atoms with Crippen LogP contribution in [0.15, 0.2) is 22.7 Å². The zero-order valence-corrected chi connectivity index (χ0v) is 10.8. The first kappa shape index (κ1) is 11.6. The molecule has 1 aromatic carbocycles. The van der Waals surface area contributed by atoms with Gasteiger partial charge in [-0.05, 0) is 30.2 Å². The molecule has 84 valence electrons. The van der Waals surface area contributed by atoms with Crippen LogP contribution >= 0.6 is 27.5 Å². The van der Waals surface area contributed by atoms with Crippen molar-refractivity contribution < 1.29 is 9.59 Å². The van der Waals surface area contributed by atoms with Crippen molar-refractivity contribution in [1.29, 1.82) is 0 Å². The standard InChI is InChI=1S/C11H9BrClNO2/c1-5-4-6(12)2-3-7(5)8-9(13)11(16)14-10(8)15/h2-4,8-9H,1H3,(H,14,15,16). The molecule has 1 fully saturated rings. The van der Waals surface area contributed by atoms with Crippen LogP contribution < -0.4 is 5.32 Å². The molecular weight excluding hydrogens is 293 g/mol. The second-order valence-corrected chi connectivity index (χ2v) is 5.12. The van der Waals surface area contributed by atoms with Gasteiger partial charge >= 0.3 is 0 Å². The molecule has 0 spiro atoms. The van der Waals surface area contributed by atoms with Crippen molar-refractivity contribution in [3.63, 3.8) is 0 Å². The maximum Gasteiger partial charge on any atom is 0.245 e. The lowest BCUT2D eigenvalue weighted by Gasteiger charge is -2.13. The summed E-state index contributed by atoms with van der Waals surface area (Å²) in [6, 6.07) is 5.55. The summed E-state index contributed by atoms with van der Waals surface area (Å²) in [4.78, 5) is 22.9. The summed E-state index contributed by atoms with van der Waals surface area (Å²) < 4.78 is 0.935. The van der Waals surface area contributed by atoms with E-state index in [1.807, 2.05) is 25.1 Å². The van der Waals surface area contributed by atoms with Crippen LogP contribution in [0, 0.1) is 6.92 Å². The molecule has 0 radical (unpaired) electrons. The van der Waals surface area contributed by atoms with E-state index in [1.54, 1.807) is 0 Å². The van der Waals surface area contributed by atoms with E-state index in [9.17, 15) is 9.59 Å². The maximum atomic E-state index is 11.6. The van der Waals surface area contributed by atoms with Crippen molar-refractivity contribution in [2.75, 3.05) is 0 Å². The fourth-order valence-corrected chi connectivity index (χ4v) is 2.62. The van der Waals surface area contributed by atoms with Gasteiger partial charge in [-0.15, -0.1) is 11.6 Å². The van der Waals surface area contributed by atoms with Crippen LogP contribution in [0.3, 0.4) is 0 Å². The van der Waals surface area contributed by atoms with Crippen LogP contribution in [-0.2, 0) is 9.59 Å². The molecule has 1 heterocycles. The number of amides is 2. The van der Waals surface area contributed by atoms with Crippen LogP contribution in [-0.4, -0.2) is 17.2 Å². The molecule has 1 saturated heterocycles. The Kier molecular flexibility index (Phi) is 3.04. The third-order valence-electron chi connectivity index (χ3n) is 2.64. The summed E-state index contributed by atoms with van der Waals surface area (Å²) in [6.07, 6.45) is 0. The monoisotopic (exact) mass is 301 g/mol. The molecule has 3 nitrogen and oxygen atoms in total. The van der Waals surface area contributed by atoms with Gasteiger partial charge in [0.1, 0.15) is 5.38 Å². The quantitative estimate of drug-likeness (QED) is 0.638. The summed E-state index contributed by atoms with van der Waals surface area (Å²) in [7, 11) is 0. The average Bonchev–Trinajstić information content (AvgIpc) is 2.43. The van der Waals surface area contributed by atoms with E-state index >= 15 is 0 Å². The average molecular weight is 303 g/mol. The summed E-state index contributed by atoms with van der Waals surface area (Å²) in [5.41, 5.74) is 1.74. The van der Waals surface area contributed by atoms with Crippen LogP contribution in [0.5, 0.6) is 0 Å². The van der Waals surface area contributed by atoms with Gasteiger partial charge in [0.25, 0.3) is 0 Å². The predicted molar refractivity (Wildman–Crippen MR) is 64.4 cm³/mol. The highest BCUT2D eigenvalue weighted by molar-refractivity contribution is 9.10. The zero-order valence-electron chi connectivity index (χ0n) is 8.46. The molecule has 2 amide bonds. The lowest BCUT2D eigenvalue weighted by Crippen LogP contribution is -2.22. The molecule has 0 aliphatic carbocycles. The van der Waals surface area contributed by atoms with Gasteiger partial charge in [-0.1, -0.05) is 22.0 Å². The van der Waals surface area contributed by atoms with Crippen LogP contribution in [0.4, 0.5) is 0 Å². The second kappa shape index (κ2) is 4.18. The Morgan fingerprint density at radius 1 is 1.31 bits per heavy atom. The highest BCUT2D eigenvalue weighted by atomic mass is 79.9. The number of carbonyl (C=O) groups is 2. The van der Waals surface area contributed by atoms with Gasteiger partial charge in [-0.3, -0.25) is 14.9 Å². The minimum Gasteiger partial charge on any atom is -0.295 e. The number of hydrogen-bond donors (Lipinski definition) is 1. The molecule has 2 unspecified atom stereocenters. The van der Waals surface area contributed by atoms with E-state index in [1.165, 1.54) is 0 Å². The van der Waals surface area contributed by atoms with Crippen molar-refractivity contribution in [2.24, 2.45) is 0 Å². The number of alkyl halides is 1. The molecule has 1 aliphatic heterocycles. The summed E-state index contributed by atoms with van der Waals surface area (Å²) in [6.45, 7) is 1.89. The van der Waals surface area contributed by atoms with Gasteiger partial charge in [0, 0.05) is 4.47 Å². The molecule has 2 atom stereocenters. The number of imide groups is 1. The summed E-state index contributed by atoms with van der Waals surface area (Å²) in [5, 5.41) is 1.42. The lowest BCUT2D eigenvalue weighted by atomic mass is 9.93. The Morgan fingerprint density at radius 3 is 2.50 bits per heavy atom. The second-order valence-electron chi connectivity index (χ2n) is 3.73. The first-order chi connectivity index (χ1) is 7.50. The van der Waals surface area contributed by atoms with Crippen molar-refractivity contribution in [3.05, 3.63) is 33.8 Å². The number of benzene rings is 1. The molecule has 5 heteroatoms. The van der Waals surface area contributed by atoms with Gasteiger partial charge < -0.3 is 0 Å². The molecule has 2 rings (SSSR count). The minimum absolute atomic E-state index is 0.324. The Bertz CT molecular complexity index is 475. The Hall–Kier alpha value is -0.870. The van der Waals surface area contributed by atoms with Crippen molar-refractivity contribution in [3.8, 4) is 0 Å². The zero-order chi connectivity index (χ0) is 11.9. The van der Waals surface area contributed by atoms with Crippen molar-refractivity contribution in [1.82, 2.24) is 5.32 Å². The molecular formula is C11H9BrClNO2. The molecule has 16 heavy (non-hydrogen) atoms. The fourth-order valence-electron chi connectivity index (χ4n) is 1.84. The van der Waals surface area contributed by atoms with Crippen LogP contribution in [0.2, 0.25) is 0 Å². The summed E-state index contributed by atoms with van der Waals surface area (Å²) >= 11 is 9.27. The summed E-state index contributed by atoms with van der Waals surface area (Å²) in [5.74, 6) is -1.32. The Balaban J connectivity index is 2.44. The Morgan fingerprint density at radius 2 is 2.00 bits per heavy atom. The predicted octanol–water partition coefficient (Wildman–Crippen LogP) is 2.10. The van der Waals surface area contributed by atoms with E-state index in [-0.39, 0.29) is 5.91 Å². The van der Waals surface area contributed by atoms with Gasteiger partial charge in [0.05, 0.1) is 5.92 Å². The topological polar surface area (TPSA) is 46.2 Å². The van der Waals surface area contributed by atoms with Gasteiger partial charge in [0.15, 0.2) is 0 Å². The SMILES string of the molecule is Cc1cc(Br)ccc1C1C(=O)NC(=O)C1Cl. The van der Waals surface area contributed by atoms with E-state index in [4.69, 9.17) is 11.6 Å². The number of rotatable bonds is 1. The van der Waals surface area contributed by atoms with E-state index in [0.717, 1.165) is 15.6 Å².